The van der Waals surface area contributed by atoms with Crippen LogP contribution in [0, 0.1) is 11.3 Å². The maximum Gasteiger partial charge on any atom is 0.0635 e. The lowest BCUT2D eigenvalue weighted by Gasteiger charge is -2.34. The summed E-state index contributed by atoms with van der Waals surface area (Å²) in [6.45, 7) is 4.27. The van der Waals surface area contributed by atoms with E-state index in [1.807, 2.05) is 0 Å². The summed E-state index contributed by atoms with van der Waals surface area (Å²) in [4.78, 5) is 2.51. The van der Waals surface area contributed by atoms with Gasteiger partial charge in [-0.2, -0.15) is 5.26 Å². The van der Waals surface area contributed by atoms with Gasteiger partial charge in [0.25, 0.3) is 0 Å². The summed E-state index contributed by atoms with van der Waals surface area (Å²) < 4.78 is 0. The molecule has 18 heavy (non-hydrogen) atoms. The van der Waals surface area contributed by atoms with Crippen LogP contribution in [-0.4, -0.2) is 24.0 Å². The second kappa shape index (κ2) is 6.56. The van der Waals surface area contributed by atoms with E-state index in [1.165, 1.54) is 30.4 Å². The predicted octanol–water partition coefficient (Wildman–Crippen LogP) is 3.17. The van der Waals surface area contributed by atoms with Crippen LogP contribution in [0.15, 0.2) is 24.3 Å². The van der Waals surface area contributed by atoms with Gasteiger partial charge in [-0.25, -0.2) is 0 Å². The highest BCUT2D eigenvalue weighted by atomic mass is 15.1. The highest BCUT2D eigenvalue weighted by Crippen LogP contribution is 2.24. The second-order valence-corrected chi connectivity index (χ2v) is 5.11. The second-order valence-electron chi connectivity index (χ2n) is 5.11. The molecule has 0 amide bonds. The normalized spacial score (nSPS) is 18.4. The monoisotopic (exact) mass is 242 g/mol. The first-order valence-corrected chi connectivity index (χ1v) is 7.03. The van der Waals surface area contributed by atoms with Crippen molar-refractivity contribution in [2.75, 3.05) is 13.1 Å². The molecule has 1 atom stereocenters. The molecule has 0 heterocycles. The van der Waals surface area contributed by atoms with Gasteiger partial charge in [0.05, 0.1) is 6.07 Å². The van der Waals surface area contributed by atoms with Crippen LogP contribution in [0.2, 0.25) is 0 Å². The van der Waals surface area contributed by atoms with Crippen molar-refractivity contribution in [3.8, 4) is 6.07 Å². The third kappa shape index (κ3) is 3.11. The zero-order chi connectivity index (χ0) is 12.8. The van der Waals surface area contributed by atoms with Crippen molar-refractivity contribution >= 4 is 0 Å². The molecular formula is C16H22N2. The number of hydrogen-bond acceptors (Lipinski definition) is 2. The summed E-state index contributed by atoms with van der Waals surface area (Å²) in [5.41, 5.74) is 3.03. The number of hydrogen-bond donors (Lipinski definition) is 0. The van der Waals surface area contributed by atoms with Gasteiger partial charge in [-0.15, -0.1) is 0 Å². The molecule has 0 saturated heterocycles. The summed E-state index contributed by atoms with van der Waals surface area (Å²) in [6.07, 6.45) is 5.40. The Hall–Kier alpha value is -1.33. The van der Waals surface area contributed by atoms with Gasteiger partial charge >= 0.3 is 0 Å². The molecule has 0 fully saturated rings. The molecule has 0 unspecified atom stereocenters. The summed E-state index contributed by atoms with van der Waals surface area (Å²) in [5.74, 6) is 0. The Kier molecular flexibility index (Phi) is 4.78. The highest BCUT2D eigenvalue weighted by molar-refractivity contribution is 5.30. The van der Waals surface area contributed by atoms with Crippen molar-refractivity contribution in [3.63, 3.8) is 0 Å². The molecule has 2 nitrogen and oxygen atoms in total. The molecule has 96 valence electrons. The van der Waals surface area contributed by atoms with Crippen LogP contribution < -0.4 is 0 Å². The zero-order valence-corrected chi connectivity index (χ0v) is 11.2. The first-order chi connectivity index (χ1) is 8.85. The van der Waals surface area contributed by atoms with Crippen LogP contribution in [0.5, 0.6) is 0 Å². The number of nitrogens with zero attached hydrogens (tertiary/aromatic N) is 2. The van der Waals surface area contributed by atoms with Crippen molar-refractivity contribution in [3.05, 3.63) is 35.4 Å². The van der Waals surface area contributed by atoms with Gasteiger partial charge in [0.1, 0.15) is 0 Å². The maximum atomic E-state index is 8.76. The molecule has 0 aromatic heterocycles. The van der Waals surface area contributed by atoms with Gasteiger partial charge < -0.3 is 0 Å². The van der Waals surface area contributed by atoms with E-state index in [0.717, 1.165) is 19.5 Å². The molecule has 0 saturated carbocycles. The SMILES string of the molecule is CCCN(CCC#N)[C@H]1CCc2ccccc2C1. The molecule has 0 aliphatic heterocycles. The maximum absolute atomic E-state index is 8.76. The summed E-state index contributed by atoms with van der Waals surface area (Å²) in [6, 6.07) is 11.7. The van der Waals surface area contributed by atoms with E-state index in [9.17, 15) is 0 Å². The Balaban J connectivity index is 2.03. The van der Waals surface area contributed by atoms with Gasteiger partial charge in [-0.1, -0.05) is 31.2 Å². The Labute approximate surface area is 110 Å². The number of aryl methyl sites for hydroxylation is 1. The number of rotatable bonds is 5. The number of nitriles is 1. The molecule has 1 aromatic rings. The lowest BCUT2D eigenvalue weighted by atomic mass is 9.87. The molecule has 2 rings (SSSR count). The molecule has 0 spiro atoms. The molecule has 0 N–H and O–H groups in total. The van der Waals surface area contributed by atoms with Gasteiger partial charge in [-0.05, 0) is 43.4 Å². The van der Waals surface area contributed by atoms with E-state index in [2.05, 4.69) is 42.2 Å². The summed E-state index contributed by atoms with van der Waals surface area (Å²) >= 11 is 0. The van der Waals surface area contributed by atoms with Crippen LogP contribution in [0.25, 0.3) is 0 Å². The molecule has 2 heteroatoms. The zero-order valence-electron chi connectivity index (χ0n) is 11.2. The summed E-state index contributed by atoms with van der Waals surface area (Å²) in [5, 5.41) is 8.76. The average Bonchev–Trinajstić information content (AvgIpc) is 2.43. The molecule has 0 bridgehead atoms. The van der Waals surface area contributed by atoms with Crippen LogP contribution in [0.3, 0.4) is 0 Å². The third-order valence-corrected chi connectivity index (χ3v) is 3.86. The van der Waals surface area contributed by atoms with Crippen molar-refractivity contribution < 1.29 is 0 Å². The van der Waals surface area contributed by atoms with Crippen molar-refractivity contribution in [2.45, 2.75) is 45.1 Å². The smallest absolute Gasteiger partial charge is 0.0635 e. The van der Waals surface area contributed by atoms with E-state index in [0.29, 0.717) is 12.5 Å². The van der Waals surface area contributed by atoms with Crippen LogP contribution in [-0.2, 0) is 12.8 Å². The summed E-state index contributed by atoms with van der Waals surface area (Å²) in [7, 11) is 0. The Morgan fingerprint density at radius 3 is 2.78 bits per heavy atom. The first-order valence-electron chi connectivity index (χ1n) is 7.03. The third-order valence-electron chi connectivity index (χ3n) is 3.86. The molecule has 1 aromatic carbocycles. The van der Waals surface area contributed by atoms with Crippen molar-refractivity contribution in [1.82, 2.24) is 4.90 Å². The minimum Gasteiger partial charge on any atom is -0.299 e. The van der Waals surface area contributed by atoms with Crippen LogP contribution >= 0.6 is 0 Å². The first kappa shape index (κ1) is 13.1. The van der Waals surface area contributed by atoms with Gasteiger partial charge in [-0.3, -0.25) is 4.90 Å². The molecule has 0 radical (unpaired) electrons. The highest BCUT2D eigenvalue weighted by Gasteiger charge is 2.23. The van der Waals surface area contributed by atoms with Crippen molar-refractivity contribution in [1.29, 1.82) is 5.26 Å². The van der Waals surface area contributed by atoms with E-state index in [-0.39, 0.29) is 0 Å². The Bertz CT molecular complexity index is 419. The average molecular weight is 242 g/mol. The van der Waals surface area contributed by atoms with E-state index < -0.39 is 0 Å². The lowest BCUT2D eigenvalue weighted by molar-refractivity contribution is 0.183. The van der Waals surface area contributed by atoms with Gasteiger partial charge in [0.2, 0.25) is 0 Å². The lowest BCUT2D eigenvalue weighted by Crippen LogP contribution is -2.40. The molecule has 1 aliphatic rings. The van der Waals surface area contributed by atoms with Gasteiger partial charge in [0.15, 0.2) is 0 Å². The Morgan fingerprint density at radius 2 is 2.06 bits per heavy atom. The standard InChI is InChI=1S/C16H22N2/c1-2-11-18(12-5-10-17)16-9-8-14-6-3-4-7-15(14)13-16/h3-4,6-7,16H,2,5,8-9,11-13H2,1H3/t16-/m0/s1. The van der Waals surface area contributed by atoms with Crippen molar-refractivity contribution in [2.24, 2.45) is 0 Å². The van der Waals surface area contributed by atoms with E-state index in [1.54, 1.807) is 0 Å². The van der Waals surface area contributed by atoms with Crippen LogP contribution in [0.4, 0.5) is 0 Å². The fraction of sp³-hybridized carbons (Fsp3) is 0.562. The number of fused-ring (bicyclic) bond motifs is 1. The fourth-order valence-corrected chi connectivity index (χ4v) is 2.95. The van der Waals surface area contributed by atoms with E-state index >= 15 is 0 Å². The van der Waals surface area contributed by atoms with Crippen LogP contribution in [0.1, 0.15) is 37.3 Å². The topological polar surface area (TPSA) is 27.0 Å². The van der Waals surface area contributed by atoms with Gasteiger partial charge in [0, 0.05) is 19.0 Å². The minimum absolute atomic E-state index is 0.633. The largest absolute Gasteiger partial charge is 0.299 e. The fourth-order valence-electron chi connectivity index (χ4n) is 2.95. The quantitative estimate of drug-likeness (QED) is 0.793. The number of benzene rings is 1. The Morgan fingerprint density at radius 1 is 1.28 bits per heavy atom. The molecular weight excluding hydrogens is 220 g/mol. The minimum atomic E-state index is 0.633. The predicted molar refractivity (Wildman–Crippen MR) is 74.3 cm³/mol. The van der Waals surface area contributed by atoms with E-state index in [4.69, 9.17) is 5.26 Å². The molecule has 1 aliphatic carbocycles.